The SMILES string of the molecule is O=C(C1CCCC1)N1CCC[C@H](c2nc(-c3ccc(Br)cc3)no2)C1. The van der Waals surface area contributed by atoms with Crippen molar-refractivity contribution in [3.05, 3.63) is 34.6 Å². The van der Waals surface area contributed by atoms with Crippen molar-refractivity contribution in [1.29, 1.82) is 0 Å². The van der Waals surface area contributed by atoms with Crippen LogP contribution in [0.25, 0.3) is 11.4 Å². The molecule has 0 radical (unpaired) electrons. The number of carbonyl (C=O) groups is 1. The van der Waals surface area contributed by atoms with Gasteiger partial charge in [-0.15, -0.1) is 0 Å². The standard InChI is InChI=1S/C19H22BrN3O2/c20-16-9-7-13(8-10-16)17-21-18(25-22-17)15-6-3-11-23(12-15)19(24)14-4-1-2-5-14/h7-10,14-15H,1-6,11-12H2/t15-/m0/s1. The Morgan fingerprint density at radius 3 is 2.64 bits per heavy atom. The molecule has 1 aliphatic carbocycles. The number of piperidine rings is 1. The lowest BCUT2D eigenvalue weighted by molar-refractivity contribution is -0.136. The molecular weight excluding hydrogens is 382 g/mol. The Labute approximate surface area is 155 Å². The van der Waals surface area contributed by atoms with Gasteiger partial charge in [0.25, 0.3) is 0 Å². The summed E-state index contributed by atoms with van der Waals surface area (Å²) in [5.74, 6) is 1.98. The van der Waals surface area contributed by atoms with Gasteiger partial charge >= 0.3 is 0 Å². The van der Waals surface area contributed by atoms with Crippen LogP contribution in [0.4, 0.5) is 0 Å². The first kappa shape index (κ1) is 16.8. The lowest BCUT2D eigenvalue weighted by atomic mass is 9.96. The third-order valence-corrected chi connectivity index (χ3v) is 5.86. The van der Waals surface area contributed by atoms with Gasteiger partial charge in [-0.25, -0.2) is 0 Å². The number of amides is 1. The van der Waals surface area contributed by atoms with Gasteiger partial charge in [-0.3, -0.25) is 4.79 Å². The minimum absolute atomic E-state index is 0.149. The first-order valence-electron chi connectivity index (χ1n) is 9.09. The van der Waals surface area contributed by atoms with Crippen molar-refractivity contribution in [2.75, 3.05) is 13.1 Å². The van der Waals surface area contributed by atoms with Gasteiger partial charge in [0, 0.05) is 29.0 Å². The zero-order valence-electron chi connectivity index (χ0n) is 14.2. The summed E-state index contributed by atoms with van der Waals surface area (Å²) in [5, 5.41) is 4.13. The summed E-state index contributed by atoms with van der Waals surface area (Å²) in [4.78, 5) is 19.3. The molecule has 2 fully saturated rings. The van der Waals surface area contributed by atoms with Crippen molar-refractivity contribution in [2.45, 2.75) is 44.4 Å². The normalized spacial score (nSPS) is 21.6. The molecule has 1 amide bonds. The van der Waals surface area contributed by atoms with Crippen LogP contribution in [0.5, 0.6) is 0 Å². The molecule has 2 aromatic rings. The fourth-order valence-corrected chi connectivity index (χ4v) is 4.19. The van der Waals surface area contributed by atoms with Crippen LogP contribution in [0.1, 0.15) is 50.3 Å². The molecule has 0 unspecified atom stereocenters. The van der Waals surface area contributed by atoms with Gasteiger partial charge in [-0.1, -0.05) is 33.9 Å². The summed E-state index contributed by atoms with van der Waals surface area (Å²) in [7, 11) is 0. The lowest BCUT2D eigenvalue weighted by Crippen LogP contribution is -2.41. The predicted octanol–water partition coefficient (Wildman–Crippen LogP) is 4.40. The van der Waals surface area contributed by atoms with Gasteiger partial charge in [0.05, 0.1) is 5.92 Å². The third kappa shape index (κ3) is 3.64. The molecule has 1 aliphatic heterocycles. The topological polar surface area (TPSA) is 59.2 Å². The summed E-state index contributed by atoms with van der Waals surface area (Å²) < 4.78 is 6.55. The van der Waals surface area contributed by atoms with Gasteiger partial charge in [-0.2, -0.15) is 4.98 Å². The Bertz CT molecular complexity index is 737. The Kier molecular flexibility index (Phi) is 4.88. The number of hydrogen-bond acceptors (Lipinski definition) is 4. The van der Waals surface area contributed by atoms with Crippen molar-refractivity contribution >= 4 is 21.8 Å². The third-order valence-electron chi connectivity index (χ3n) is 5.33. The molecule has 4 rings (SSSR count). The lowest BCUT2D eigenvalue weighted by Gasteiger charge is -2.32. The van der Waals surface area contributed by atoms with E-state index in [0.29, 0.717) is 24.2 Å². The molecule has 1 aromatic heterocycles. The predicted molar refractivity (Wildman–Crippen MR) is 97.9 cm³/mol. The highest BCUT2D eigenvalue weighted by atomic mass is 79.9. The van der Waals surface area contributed by atoms with E-state index in [1.807, 2.05) is 29.2 Å². The van der Waals surface area contributed by atoms with Gasteiger partial charge in [-0.05, 0) is 49.9 Å². The highest BCUT2D eigenvalue weighted by Gasteiger charge is 2.33. The molecule has 1 saturated carbocycles. The van der Waals surface area contributed by atoms with Crippen LogP contribution >= 0.6 is 15.9 Å². The van der Waals surface area contributed by atoms with Crippen molar-refractivity contribution < 1.29 is 9.32 Å². The highest BCUT2D eigenvalue weighted by molar-refractivity contribution is 9.10. The zero-order chi connectivity index (χ0) is 17.2. The summed E-state index contributed by atoms with van der Waals surface area (Å²) >= 11 is 3.43. The minimum Gasteiger partial charge on any atom is -0.342 e. The number of carbonyl (C=O) groups excluding carboxylic acids is 1. The summed E-state index contributed by atoms with van der Waals surface area (Å²) in [6.45, 7) is 1.57. The van der Waals surface area contributed by atoms with Crippen LogP contribution in [0, 0.1) is 5.92 Å². The fourth-order valence-electron chi connectivity index (χ4n) is 3.93. The van der Waals surface area contributed by atoms with Gasteiger partial charge in [0.2, 0.25) is 17.6 Å². The molecule has 132 valence electrons. The first-order valence-corrected chi connectivity index (χ1v) is 9.88. The minimum atomic E-state index is 0.149. The Balaban J connectivity index is 1.46. The first-order chi connectivity index (χ1) is 12.2. The molecule has 25 heavy (non-hydrogen) atoms. The van der Waals surface area contributed by atoms with Crippen molar-refractivity contribution in [1.82, 2.24) is 15.0 Å². The smallest absolute Gasteiger partial charge is 0.231 e. The number of benzene rings is 1. The Morgan fingerprint density at radius 1 is 1.12 bits per heavy atom. The molecule has 5 nitrogen and oxygen atoms in total. The Hall–Kier alpha value is -1.69. The summed E-state index contributed by atoms with van der Waals surface area (Å²) in [6.07, 6.45) is 6.47. The van der Waals surface area contributed by atoms with Crippen molar-refractivity contribution in [3.8, 4) is 11.4 Å². The van der Waals surface area contributed by atoms with E-state index < -0.39 is 0 Å². The van der Waals surface area contributed by atoms with E-state index in [1.165, 1.54) is 12.8 Å². The van der Waals surface area contributed by atoms with E-state index in [0.717, 1.165) is 42.3 Å². The molecular formula is C19H22BrN3O2. The number of rotatable bonds is 3. The molecule has 2 heterocycles. The highest BCUT2D eigenvalue weighted by Crippen LogP contribution is 2.31. The van der Waals surface area contributed by atoms with E-state index in [2.05, 4.69) is 26.1 Å². The second-order valence-electron chi connectivity index (χ2n) is 7.07. The number of likely N-dealkylation sites (tertiary alicyclic amines) is 1. The average Bonchev–Trinajstić information content (AvgIpc) is 3.34. The molecule has 1 saturated heterocycles. The summed E-state index contributed by atoms with van der Waals surface area (Å²) in [6, 6.07) is 7.87. The molecule has 1 atom stereocenters. The molecule has 6 heteroatoms. The van der Waals surface area contributed by atoms with Crippen molar-refractivity contribution in [2.24, 2.45) is 5.92 Å². The zero-order valence-corrected chi connectivity index (χ0v) is 15.7. The summed E-state index contributed by atoms with van der Waals surface area (Å²) in [5.41, 5.74) is 0.938. The maximum atomic E-state index is 12.7. The molecule has 2 aliphatic rings. The van der Waals surface area contributed by atoms with Crippen LogP contribution in [0.15, 0.2) is 33.3 Å². The maximum absolute atomic E-state index is 12.7. The van der Waals surface area contributed by atoms with Crippen LogP contribution in [-0.4, -0.2) is 34.0 Å². The molecule has 0 spiro atoms. The van der Waals surface area contributed by atoms with Crippen LogP contribution < -0.4 is 0 Å². The largest absolute Gasteiger partial charge is 0.342 e. The molecule has 0 N–H and O–H groups in total. The monoisotopic (exact) mass is 403 g/mol. The Morgan fingerprint density at radius 2 is 1.88 bits per heavy atom. The van der Waals surface area contributed by atoms with Crippen LogP contribution in [0.2, 0.25) is 0 Å². The fraction of sp³-hybridized carbons (Fsp3) is 0.526. The van der Waals surface area contributed by atoms with Gasteiger partial charge in [0.1, 0.15) is 0 Å². The number of halogens is 1. The second-order valence-corrected chi connectivity index (χ2v) is 7.98. The average molecular weight is 404 g/mol. The van der Waals surface area contributed by atoms with Gasteiger partial charge in [0.15, 0.2) is 0 Å². The van der Waals surface area contributed by atoms with E-state index in [4.69, 9.17) is 4.52 Å². The molecule has 1 aromatic carbocycles. The second kappa shape index (κ2) is 7.28. The van der Waals surface area contributed by atoms with Crippen LogP contribution in [-0.2, 0) is 4.79 Å². The number of hydrogen-bond donors (Lipinski definition) is 0. The number of nitrogens with zero attached hydrogens (tertiary/aromatic N) is 3. The van der Waals surface area contributed by atoms with Gasteiger partial charge < -0.3 is 9.42 Å². The van der Waals surface area contributed by atoms with E-state index in [9.17, 15) is 4.79 Å². The van der Waals surface area contributed by atoms with Crippen LogP contribution in [0.3, 0.4) is 0 Å². The quantitative estimate of drug-likeness (QED) is 0.761. The van der Waals surface area contributed by atoms with E-state index >= 15 is 0 Å². The van der Waals surface area contributed by atoms with E-state index in [-0.39, 0.29) is 11.8 Å². The molecule has 0 bridgehead atoms. The maximum Gasteiger partial charge on any atom is 0.231 e. The van der Waals surface area contributed by atoms with Crippen molar-refractivity contribution in [3.63, 3.8) is 0 Å². The number of aromatic nitrogens is 2. The van der Waals surface area contributed by atoms with E-state index in [1.54, 1.807) is 0 Å².